The molecule has 2 rings (SSSR count). The van der Waals surface area contributed by atoms with Crippen LogP contribution in [0.5, 0.6) is 0 Å². The number of hydrogen-bond acceptors (Lipinski definition) is 4. The fourth-order valence-corrected chi connectivity index (χ4v) is 1.90. The smallest absolute Gasteiger partial charge is 0.423 e. The Morgan fingerprint density at radius 2 is 2.05 bits per heavy atom. The molecule has 1 fully saturated rings. The van der Waals surface area contributed by atoms with Crippen molar-refractivity contribution in [2.75, 3.05) is 0 Å². The Balaban J connectivity index is 2.19. The van der Waals surface area contributed by atoms with Gasteiger partial charge in [0.2, 0.25) is 0 Å². The SMILES string of the molecule is O=C(NC1(C(F)(F)F)CC1)c1ncc(B(O)O)cc1Cl. The molecule has 5 nitrogen and oxygen atoms in total. The lowest BCUT2D eigenvalue weighted by atomic mass is 9.81. The predicted octanol–water partition coefficient (Wildman–Crippen LogP) is 0.239. The topological polar surface area (TPSA) is 82.5 Å². The average Bonchev–Trinajstić information content (AvgIpc) is 3.08. The van der Waals surface area contributed by atoms with Gasteiger partial charge in [-0.2, -0.15) is 13.2 Å². The summed E-state index contributed by atoms with van der Waals surface area (Å²) in [4.78, 5) is 15.3. The fraction of sp³-hybridized carbons (Fsp3) is 0.400. The number of rotatable bonds is 3. The van der Waals surface area contributed by atoms with E-state index in [1.165, 1.54) is 0 Å². The Bertz CT molecular complexity index is 549. The lowest BCUT2D eigenvalue weighted by molar-refractivity contribution is -0.163. The number of carbonyl (C=O) groups excluding carboxylic acids is 1. The predicted molar refractivity (Wildman–Crippen MR) is 64.6 cm³/mol. The van der Waals surface area contributed by atoms with Gasteiger partial charge in [0, 0.05) is 11.7 Å². The minimum absolute atomic E-state index is 0.0662. The van der Waals surface area contributed by atoms with Crippen LogP contribution in [0.3, 0.4) is 0 Å². The van der Waals surface area contributed by atoms with Gasteiger partial charge >= 0.3 is 13.3 Å². The van der Waals surface area contributed by atoms with Gasteiger partial charge in [0.25, 0.3) is 5.91 Å². The lowest BCUT2D eigenvalue weighted by Gasteiger charge is -2.20. The van der Waals surface area contributed by atoms with Crippen LogP contribution in [-0.4, -0.2) is 39.8 Å². The van der Waals surface area contributed by atoms with Crippen LogP contribution in [0.2, 0.25) is 5.02 Å². The van der Waals surface area contributed by atoms with Crippen LogP contribution in [0.25, 0.3) is 0 Å². The third-order valence-corrected chi connectivity index (χ3v) is 3.31. The molecular weight excluding hydrogens is 299 g/mol. The molecule has 3 N–H and O–H groups in total. The van der Waals surface area contributed by atoms with Crippen molar-refractivity contribution >= 4 is 30.1 Å². The number of alkyl halides is 3. The molecular formula is C10H9BClF3N2O3. The first-order chi connectivity index (χ1) is 9.16. The Morgan fingerprint density at radius 3 is 2.45 bits per heavy atom. The van der Waals surface area contributed by atoms with Crippen LogP contribution in [0.1, 0.15) is 23.3 Å². The first-order valence-electron chi connectivity index (χ1n) is 5.57. The standard InChI is InChI=1S/C10H9BClF3N2O3/c12-6-3-5(11(19)20)4-16-7(6)8(18)17-9(1-2-9)10(13,14)15/h3-4,19-20H,1-2H2,(H,17,18). The molecule has 1 aromatic rings. The van der Waals surface area contributed by atoms with Gasteiger partial charge in [-0.05, 0) is 18.9 Å². The van der Waals surface area contributed by atoms with Crippen molar-refractivity contribution in [2.24, 2.45) is 0 Å². The van der Waals surface area contributed by atoms with E-state index in [4.69, 9.17) is 21.6 Å². The van der Waals surface area contributed by atoms with E-state index in [9.17, 15) is 18.0 Å². The number of hydrogen-bond donors (Lipinski definition) is 3. The van der Waals surface area contributed by atoms with Gasteiger partial charge in [-0.3, -0.25) is 4.79 Å². The van der Waals surface area contributed by atoms with E-state index in [1.54, 1.807) is 0 Å². The van der Waals surface area contributed by atoms with Crippen LogP contribution in [0.4, 0.5) is 13.2 Å². The molecule has 1 aliphatic carbocycles. The second kappa shape index (κ2) is 4.90. The van der Waals surface area contributed by atoms with E-state index < -0.39 is 30.4 Å². The summed E-state index contributed by atoms with van der Waals surface area (Å²) in [6.45, 7) is 0. The van der Waals surface area contributed by atoms with Crippen LogP contribution in [0.15, 0.2) is 12.3 Å². The van der Waals surface area contributed by atoms with E-state index >= 15 is 0 Å². The highest BCUT2D eigenvalue weighted by atomic mass is 35.5. The van der Waals surface area contributed by atoms with Crippen molar-refractivity contribution in [3.63, 3.8) is 0 Å². The molecule has 0 atom stereocenters. The number of nitrogens with zero attached hydrogens (tertiary/aromatic N) is 1. The molecule has 1 amide bonds. The van der Waals surface area contributed by atoms with Gasteiger partial charge < -0.3 is 15.4 Å². The van der Waals surface area contributed by atoms with Crippen molar-refractivity contribution in [3.8, 4) is 0 Å². The van der Waals surface area contributed by atoms with Gasteiger partial charge in [-0.15, -0.1) is 0 Å². The fourth-order valence-electron chi connectivity index (χ4n) is 1.64. The third-order valence-electron chi connectivity index (χ3n) is 3.02. The van der Waals surface area contributed by atoms with Gasteiger partial charge in [0.05, 0.1) is 5.02 Å². The number of nitrogens with one attached hydrogen (secondary N) is 1. The molecule has 0 spiro atoms. The number of halogens is 4. The second-order valence-electron chi connectivity index (χ2n) is 4.51. The van der Waals surface area contributed by atoms with E-state index in [-0.39, 0.29) is 23.3 Å². The monoisotopic (exact) mass is 308 g/mol. The molecule has 0 unspecified atom stereocenters. The molecule has 108 valence electrons. The average molecular weight is 308 g/mol. The van der Waals surface area contributed by atoms with Crippen LogP contribution < -0.4 is 10.8 Å². The van der Waals surface area contributed by atoms with Gasteiger partial charge in [-0.25, -0.2) is 4.98 Å². The van der Waals surface area contributed by atoms with E-state index in [0.29, 0.717) is 0 Å². The number of pyridine rings is 1. The molecule has 20 heavy (non-hydrogen) atoms. The molecule has 1 aromatic heterocycles. The van der Waals surface area contributed by atoms with E-state index in [0.717, 1.165) is 12.3 Å². The summed E-state index contributed by atoms with van der Waals surface area (Å²) in [6, 6.07) is 1.06. The zero-order chi connectivity index (χ0) is 15.1. The van der Waals surface area contributed by atoms with Crippen molar-refractivity contribution in [3.05, 3.63) is 23.0 Å². The maximum Gasteiger partial charge on any atom is 0.490 e. The summed E-state index contributed by atoms with van der Waals surface area (Å²) in [7, 11) is -1.83. The van der Waals surface area contributed by atoms with Crippen molar-refractivity contribution in [1.29, 1.82) is 0 Å². The Kier molecular flexibility index (Phi) is 3.70. The Hall–Kier alpha value is -1.32. The molecule has 0 aliphatic heterocycles. The Morgan fingerprint density at radius 1 is 1.45 bits per heavy atom. The molecule has 0 radical (unpaired) electrons. The van der Waals surface area contributed by atoms with Crippen LogP contribution >= 0.6 is 11.6 Å². The first-order valence-corrected chi connectivity index (χ1v) is 5.95. The normalized spacial score (nSPS) is 16.7. The third kappa shape index (κ3) is 2.74. The summed E-state index contributed by atoms with van der Waals surface area (Å²) >= 11 is 5.71. The second-order valence-corrected chi connectivity index (χ2v) is 4.91. The van der Waals surface area contributed by atoms with Gasteiger partial charge in [-0.1, -0.05) is 11.6 Å². The quantitative estimate of drug-likeness (QED) is 0.699. The largest absolute Gasteiger partial charge is 0.490 e. The molecule has 1 saturated carbocycles. The minimum atomic E-state index is -4.53. The molecule has 1 aliphatic rings. The van der Waals surface area contributed by atoms with Gasteiger partial charge in [0.15, 0.2) is 0 Å². The van der Waals surface area contributed by atoms with E-state index in [1.807, 2.05) is 5.32 Å². The van der Waals surface area contributed by atoms with Gasteiger partial charge in [0.1, 0.15) is 11.2 Å². The highest BCUT2D eigenvalue weighted by molar-refractivity contribution is 6.59. The zero-order valence-corrected chi connectivity index (χ0v) is 10.7. The zero-order valence-electron chi connectivity index (χ0n) is 9.91. The maximum atomic E-state index is 12.7. The first kappa shape index (κ1) is 15.1. The van der Waals surface area contributed by atoms with Crippen LogP contribution in [-0.2, 0) is 0 Å². The molecule has 0 bridgehead atoms. The van der Waals surface area contributed by atoms with E-state index in [2.05, 4.69) is 4.98 Å². The summed E-state index contributed by atoms with van der Waals surface area (Å²) in [5.74, 6) is -1.05. The Labute approximate surface area is 116 Å². The molecule has 10 heteroatoms. The maximum absolute atomic E-state index is 12.7. The lowest BCUT2D eigenvalue weighted by Crippen LogP contribution is -2.48. The molecule has 0 aromatic carbocycles. The minimum Gasteiger partial charge on any atom is -0.423 e. The number of carbonyl (C=O) groups is 1. The molecule has 0 saturated heterocycles. The summed E-state index contributed by atoms with van der Waals surface area (Å²) in [6.07, 6.45) is -3.95. The molecule has 1 heterocycles. The summed E-state index contributed by atoms with van der Waals surface area (Å²) < 4.78 is 38.1. The highest BCUT2D eigenvalue weighted by Gasteiger charge is 2.64. The number of amides is 1. The number of aromatic nitrogens is 1. The van der Waals surface area contributed by atoms with Crippen molar-refractivity contribution in [1.82, 2.24) is 10.3 Å². The highest BCUT2D eigenvalue weighted by Crippen LogP contribution is 2.49. The summed E-state index contributed by atoms with van der Waals surface area (Å²) in [5, 5.41) is 19.4. The van der Waals surface area contributed by atoms with Crippen LogP contribution in [0, 0.1) is 0 Å². The van der Waals surface area contributed by atoms with Crippen molar-refractivity contribution < 1.29 is 28.0 Å². The summed E-state index contributed by atoms with van der Waals surface area (Å²) in [5.41, 5.74) is -2.67. The van der Waals surface area contributed by atoms with Crippen molar-refractivity contribution in [2.45, 2.75) is 24.6 Å².